The molecule has 410 valence electrons. The van der Waals surface area contributed by atoms with Gasteiger partial charge in [0.05, 0.1) is 25.4 Å². The number of carbonyl (C=O) groups excluding carboxylic acids is 2. The number of unbranched alkanes of at least 4 members (excludes halogenated alkanes) is 46. The van der Waals surface area contributed by atoms with Crippen LogP contribution >= 0.6 is 0 Å². The minimum absolute atomic E-state index is 0.00385. The number of rotatable bonds is 59. The van der Waals surface area contributed by atoms with Gasteiger partial charge in [0.2, 0.25) is 5.91 Å². The lowest BCUT2D eigenvalue weighted by atomic mass is 10.0. The molecule has 0 fully saturated rings. The van der Waals surface area contributed by atoms with E-state index in [0.29, 0.717) is 25.9 Å². The van der Waals surface area contributed by atoms with Gasteiger partial charge in [0.15, 0.2) is 0 Å². The fraction of sp³-hybridized carbons (Fsp3) is 0.937. The van der Waals surface area contributed by atoms with Crippen LogP contribution in [0.2, 0.25) is 0 Å². The maximum Gasteiger partial charge on any atom is 0.305 e. The molecule has 0 aliphatic heterocycles. The highest BCUT2D eigenvalue weighted by Crippen LogP contribution is 2.18. The molecular formula is C63H123NO5. The van der Waals surface area contributed by atoms with E-state index in [-0.39, 0.29) is 18.5 Å². The highest BCUT2D eigenvalue weighted by Gasteiger charge is 2.20. The summed E-state index contributed by atoms with van der Waals surface area (Å²) < 4.78 is 5.49. The Morgan fingerprint density at radius 2 is 0.681 bits per heavy atom. The van der Waals surface area contributed by atoms with Gasteiger partial charge in [0.1, 0.15) is 0 Å². The molecule has 0 spiro atoms. The van der Waals surface area contributed by atoms with Crippen molar-refractivity contribution in [2.45, 2.75) is 366 Å². The number of carbonyl (C=O) groups is 2. The van der Waals surface area contributed by atoms with Crippen molar-refractivity contribution in [2.24, 2.45) is 0 Å². The fourth-order valence-corrected chi connectivity index (χ4v) is 9.99. The molecule has 69 heavy (non-hydrogen) atoms. The molecule has 2 atom stereocenters. The maximum absolute atomic E-state index is 12.5. The second-order valence-electron chi connectivity index (χ2n) is 21.7. The van der Waals surface area contributed by atoms with Crippen LogP contribution in [0.15, 0.2) is 12.2 Å². The minimum atomic E-state index is -0.671. The van der Waals surface area contributed by atoms with Crippen LogP contribution in [-0.4, -0.2) is 47.4 Å². The molecule has 0 aromatic heterocycles. The van der Waals surface area contributed by atoms with Gasteiger partial charge in [0.25, 0.3) is 0 Å². The molecule has 0 radical (unpaired) electrons. The van der Waals surface area contributed by atoms with Gasteiger partial charge < -0.3 is 20.3 Å². The van der Waals surface area contributed by atoms with Crippen molar-refractivity contribution in [3.63, 3.8) is 0 Å². The van der Waals surface area contributed by atoms with Gasteiger partial charge in [-0.1, -0.05) is 302 Å². The van der Waals surface area contributed by atoms with E-state index in [1.807, 2.05) is 0 Å². The third-order valence-electron chi connectivity index (χ3n) is 14.8. The summed E-state index contributed by atoms with van der Waals surface area (Å²) >= 11 is 0. The largest absolute Gasteiger partial charge is 0.466 e. The van der Waals surface area contributed by atoms with Gasteiger partial charge in [-0.3, -0.25) is 9.59 Å². The molecule has 0 saturated heterocycles. The number of nitrogens with one attached hydrogen (secondary N) is 1. The average molecular weight is 975 g/mol. The lowest BCUT2D eigenvalue weighted by molar-refractivity contribution is -0.143. The van der Waals surface area contributed by atoms with Gasteiger partial charge in [-0.25, -0.2) is 0 Å². The molecule has 6 heteroatoms. The van der Waals surface area contributed by atoms with Gasteiger partial charge in [-0.2, -0.15) is 0 Å². The smallest absolute Gasteiger partial charge is 0.305 e. The van der Waals surface area contributed by atoms with Crippen LogP contribution in [0.4, 0.5) is 0 Å². The first-order valence-electron chi connectivity index (χ1n) is 31.4. The normalized spacial score (nSPS) is 12.6. The van der Waals surface area contributed by atoms with Crippen molar-refractivity contribution < 1.29 is 24.5 Å². The monoisotopic (exact) mass is 974 g/mol. The zero-order chi connectivity index (χ0) is 50.0. The molecule has 0 saturated carbocycles. The Morgan fingerprint density at radius 3 is 1.03 bits per heavy atom. The van der Waals surface area contributed by atoms with Crippen LogP contribution in [0.5, 0.6) is 0 Å². The number of allylic oxidation sites excluding steroid dienone is 2. The van der Waals surface area contributed by atoms with Gasteiger partial charge >= 0.3 is 5.97 Å². The molecule has 0 rings (SSSR count). The third kappa shape index (κ3) is 55.8. The molecule has 0 aromatic carbocycles. The number of esters is 1. The standard InChI is InChI=1S/C63H123NO5/c1-3-5-7-9-11-13-15-17-19-21-22-25-29-33-37-41-45-49-53-57-63(68)69-58-54-50-46-42-38-34-30-26-23-24-28-32-36-40-44-48-52-56-62(67)64-60(59-65)61(66)55-51-47-43-39-35-31-27-20-18-16-14-12-10-8-6-4-2/h23,26,60-61,65-66H,3-22,24-25,27-59H2,1-2H3,(H,64,67)/b26-23-. The second kappa shape index (κ2) is 59.2. The van der Waals surface area contributed by atoms with E-state index in [4.69, 9.17) is 4.74 Å². The van der Waals surface area contributed by atoms with Crippen molar-refractivity contribution in [3.05, 3.63) is 12.2 Å². The topological polar surface area (TPSA) is 95.9 Å². The average Bonchev–Trinajstić information content (AvgIpc) is 3.35. The van der Waals surface area contributed by atoms with Crippen molar-refractivity contribution in [2.75, 3.05) is 13.2 Å². The van der Waals surface area contributed by atoms with Crippen molar-refractivity contribution >= 4 is 11.9 Å². The summed E-state index contributed by atoms with van der Waals surface area (Å²) in [5, 5.41) is 23.3. The first-order chi connectivity index (χ1) is 34.0. The summed E-state index contributed by atoms with van der Waals surface area (Å²) in [5.41, 5.74) is 0. The Bertz CT molecular complexity index is 1030. The Labute approximate surface area is 431 Å². The quantitative estimate of drug-likeness (QED) is 0.0321. The lowest BCUT2D eigenvalue weighted by Crippen LogP contribution is -2.45. The molecule has 0 aliphatic rings. The van der Waals surface area contributed by atoms with Gasteiger partial charge in [0, 0.05) is 12.8 Å². The zero-order valence-electron chi connectivity index (χ0n) is 46.8. The van der Waals surface area contributed by atoms with Crippen LogP contribution in [0.3, 0.4) is 0 Å². The molecule has 1 amide bonds. The highest BCUT2D eigenvalue weighted by molar-refractivity contribution is 5.76. The molecule has 6 nitrogen and oxygen atoms in total. The number of ether oxygens (including phenoxy) is 1. The lowest BCUT2D eigenvalue weighted by Gasteiger charge is -2.22. The second-order valence-corrected chi connectivity index (χ2v) is 21.7. The predicted molar refractivity (Wildman–Crippen MR) is 301 cm³/mol. The maximum atomic E-state index is 12.5. The van der Waals surface area contributed by atoms with E-state index in [1.54, 1.807) is 0 Å². The Morgan fingerprint density at radius 1 is 0.391 bits per heavy atom. The summed E-state index contributed by atoms with van der Waals surface area (Å²) in [4.78, 5) is 24.6. The van der Waals surface area contributed by atoms with Crippen LogP contribution in [-0.2, 0) is 14.3 Å². The summed E-state index contributed by atoms with van der Waals surface area (Å²) in [7, 11) is 0. The van der Waals surface area contributed by atoms with E-state index in [0.717, 1.165) is 51.4 Å². The predicted octanol–water partition coefficient (Wildman–Crippen LogP) is 19.6. The zero-order valence-corrected chi connectivity index (χ0v) is 46.8. The Balaban J connectivity index is 3.42. The highest BCUT2D eigenvalue weighted by atomic mass is 16.5. The minimum Gasteiger partial charge on any atom is -0.466 e. The van der Waals surface area contributed by atoms with Crippen LogP contribution in [0, 0.1) is 0 Å². The van der Waals surface area contributed by atoms with Gasteiger partial charge in [-0.15, -0.1) is 0 Å². The first-order valence-corrected chi connectivity index (χ1v) is 31.4. The Kier molecular flexibility index (Phi) is 58.0. The van der Waals surface area contributed by atoms with E-state index >= 15 is 0 Å². The number of aliphatic hydroxyl groups is 2. The number of hydrogen-bond donors (Lipinski definition) is 3. The Hall–Kier alpha value is -1.40. The van der Waals surface area contributed by atoms with E-state index in [9.17, 15) is 19.8 Å². The van der Waals surface area contributed by atoms with Crippen LogP contribution in [0.1, 0.15) is 354 Å². The van der Waals surface area contributed by atoms with Crippen molar-refractivity contribution in [1.82, 2.24) is 5.32 Å². The van der Waals surface area contributed by atoms with Gasteiger partial charge in [-0.05, 0) is 51.4 Å². The summed E-state index contributed by atoms with van der Waals surface area (Å²) in [6.07, 6.45) is 70.7. The van der Waals surface area contributed by atoms with E-state index in [2.05, 4.69) is 31.3 Å². The fourth-order valence-electron chi connectivity index (χ4n) is 9.99. The van der Waals surface area contributed by atoms with Crippen molar-refractivity contribution in [1.29, 1.82) is 0 Å². The van der Waals surface area contributed by atoms with Crippen molar-refractivity contribution in [3.8, 4) is 0 Å². The molecule has 2 unspecified atom stereocenters. The first kappa shape index (κ1) is 67.6. The third-order valence-corrected chi connectivity index (χ3v) is 14.8. The number of aliphatic hydroxyl groups excluding tert-OH is 2. The molecule has 0 bridgehead atoms. The van der Waals surface area contributed by atoms with E-state index in [1.165, 1.54) is 270 Å². The molecule has 0 aliphatic carbocycles. The molecule has 0 heterocycles. The summed E-state index contributed by atoms with van der Waals surface area (Å²) in [5.74, 6) is -0.0403. The number of amides is 1. The summed E-state index contributed by atoms with van der Waals surface area (Å²) in [6, 6.07) is -0.550. The SMILES string of the molecule is CCCCCCCCCCCCCCCCCCCCCC(=O)OCCCCCCCC/C=C\CCCCCCCCCC(=O)NC(CO)C(O)CCCCCCCCCCCCCCCCCC. The molecule has 0 aromatic rings. The van der Waals surface area contributed by atoms with Crippen LogP contribution in [0.25, 0.3) is 0 Å². The number of hydrogen-bond acceptors (Lipinski definition) is 5. The summed E-state index contributed by atoms with van der Waals surface area (Å²) in [6.45, 7) is 4.96. The molecular weight excluding hydrogens is 851 g/mol. The van der Waals surface area contributed by atoms with E-state index < -0.39 is 12.1 Å². The van der Waals surface area contributed by atoms with Crippen LogP contribution < -0.4 is 5.32 Å². The molecule has 3 N–H and O–H groups in total.